The molecule has 0 spiro atoms. The SMILES string of the molecule is CCC(=O)CN1CCCc2ccccc2C1=O. The molecular weight excluding hydrogens is 214 g/mol. The van der Waals surface area contributed by atoms with Gasteiger partial charge in [0.25, 0.3) is 5.91 Å². The predicted octanol–water partition coefficient (Wildman–Crippen LogP) is 2.05. The van der Waals surface area contributed by atoms with Gasteiger partial charge in [-0.25, -0.2) is 0 Å². The maximum absolute atomic E-state index is 12.3. The molecule has 0 unspecified atom stereocenters. The summed E-state index contributed by atoms with van der Waals surface area (Å²) in [4.78, 5) is 25.4. The fraction of sp³-hybridized carbons (Fsp3) is 0.429. The first-order valence-electron chi connectivity index (χ1n) is 6.11. The Bertz CT molecular complexity index is 440. The Kier molecular flexibility index (Phi) is 3.57. The first kappa shape index (κ1) is 11.8. The molecule has 0 fully saturated rings. The van der Waals surface area contributed by atoms with Crippen molar-refractivity contribution in [2.75, 3.05) is 13.1 Å². The van der Waals surface area contributed by atoms with Crippen LogP contribution in [0.5, 0.6) is 0 Å². The molecule has 3 heteroatoms. The highest BCUT2D eigenvalue weighted by atomic mass is 16.2. The fourth-order valence-electron chi connectivity index (χ4n) is 2.15. The average molecular weight is 231 g/mol. The summed E-state index contributed by atoms with van der Waals surface area (Å²) in [5.41, 5.74) is 1.86. The minimum atomic E-state index is -0.0000926. The summed E-state index contributed by atoms with van der Waals surface area (Å²) in [6, 6.07) is 7.69. The molecule has 0 saturated heterocycles. The van der Waals surface area contributed by atoms with Gasteiger partial charge in [0.1, 0.15) is 0 Å². The highest BCUT2D eigenvalue weighted by Crippen LogP contribution is 2.18. The van der Waals surface area contributed by atoms with Crippen LogP contribution in [0.3, 0.4) is 0 Å². The van der Waals surface area contributed by atoms with Crippen LogP contribution >= 0.6 is 0 Å². The van der Waals surface area contributed by atoms with Gasteiger partial charge in [0.15, 0.2) is 5.78 Å². The quantitative estimate of drug-likeness (QED) is 0.798. The van der Waals surface area contributed by atoms with Crippen LogP contribution in [0.4, 0.5) is 0 Å². The maximum atomic E-state index is 12.3. The lowest BCUT2D eigenvalue weighted by molar-refractivity contribution is -0.119. The summed E-state index contributed by atoms with van der Waals surface area (Å²) >= 11 is 0. The summed E-state index contributed by atoms with van der Waals surface area (Å²) in [6.45, 7) is 2.77. The van der Waals surface area contributed by atoms with Crippen LogP contribution in [0.15, 0.2) is 24.3 Å². The number of carbonyl (C=O) groups excluding carboxylic acids is 2. The van der Waals surface area contributed by atoms with Crippen molar-refractivity contribution in [2.45, 2.75) is 26.2 Å². The van der Waals surface area contributed by atoms with Gasteiger partial charge in [-0.3, -0.25) is 9.59 Å². The van der Waals surface area contributed by atoms with Crippen LogP contribution in [0, 0.1) is 0 Å². The van der Waals surface area contributed by atoms with Crippen LogP contribution in [0.1, 0.15) is 35.7 Å². The van der Waals surface area contributed by atoms with Gasteiger partial charge in [-0.2, -0.15) is 0 Å². The highest BCUT2D eigenvalue weighted by Gasteiger charge is 2.22. The van der Waals surface area contributed by atoms with E-state index < -0.39 is 0 Å². The van der Waals surface area contributed by atoms with Crippen LogP contribution in [0.2, 0.25) is 0 Å². The molecule has 0 bridgehead atoms. The summed E-state index contributed by atoms with van der Waals surface area (Å²) in [5, 5.41) is 0. The number of Topliss-reactive ketones (excluding diaryl/α,β-unsaturated/α-hetero) is 1. The Morgan fingerprint density at radius 2 is 2.12 bits per heavy atom. The van der Waals surface area contributed by atoms with Crippen molar-refractivity contribution in [1.82, 2.24) is 4.90 Å². The molecule has 1 aliphatic rings. The van der Waals surface area contributed by atoms with E-state index in [1.54, 1.807) is 4.90 Å². The van der Waals surface area contributed by atoms with E-state index in [-0.39, 0.29) is 18.2 Å². The molecule has 0 N–H and O–H groups in total. The first-order chi connectivity index (χ1) is 8.22. The van der Waals surface area contributed by atoms with Crippen LogP contribution in [0.25, 0.3) is 0 Å². The Morgan fingerprint density at radius 1 is 1.35 bits per heavy atom. The zero-order valence-electron chi connectivity index (χ0n) is 10.1. The van der Waals surface area contributed by atoms with E-state index in [2.05, 4.69) is 0 Å². The van der Waals surface area contributed by atoms with Crippen molar-refractivity contribution in [2.24, 2.45) is 0 Å². The summed E-state index contributed by atoms with van der Waals surface area (Å²) < 4.78 is 0. The van der Waals surface area contributed by atoms with E-state index >= 15 is 0 Å². The standard InChI is InChI=1S/C14H17NO2/c1-2-12(16)10-15-9-5-7-11-6-3-4-8-13(11)14(15)17/h3-4,6,8H,2,5,7,9-10H2,1H3. The van der Waals surface area contributed by atoms with Crippen LogP contribution < -0.4 is 0 Å². The predicted molar refractivity (Wildman–Crippen MR) is 66.0 cm³/mol. The molecule has 1 aromatic carbocycles. The molecule has 90 valence electrons. The third-order valence-electron chi connectivity index (χ3n) is 3.17. The zero-order valence-corrected chi connectivity index (χ0v) is 10.1. The van der Waals surface area contributed by atoms with E-state index in [4.69, 9.17) is 0 Å². The van der Waals surface area contributed by atoms with Crippen molar-refractivity contribution in [3.63, 3.8) is 0 Å². The number of fused-ring (bicyclic) bond motifs is 1. The molecule has 3 nitrogen and oxygen atoms in total. The molecule has 0 aromatic heterocycles. The maximum Gasteiger partial charge on any atom is 0.254 e. The molecule has 1 aromatic rings. The normalized spacial score (nSPS) is 15.4. The molecule has 1 heterocycles. The first-order valence-corrected chi connectivity index (χ1v) is 6.11. The van der Waals surface area contributed by atoms with E-state index in [9.17, 15) is 9.59 Å². The number of benzene rings is 1. The number of nitrogens with zero attached hydrogens (tertiary/aromatic N) is 1. The van der Waals surface area contributed by atoms with Gasteiger partial charge >= 0.3 is 0 Å². The number of aryl methyl sites for hydroxylation is 1. The molecule has 1 aliphatic heterocycles. The molecule has 1 amide bonds. The van der Waals surface area contributed by atoms with Crippen molar-refractivity contribution in [1.29, 1.82) is 0 Å². The van der Waals surface area contributed by atoms with E-state index in [1.165, 1.54) is 0 Å². The molecule has 17 heavy (non-hydrogen) atoms. The second-order valence-corrected chi connectivity index (χ2v) is 4.38. The lowest BCUT2D eigenvalue weighted by atomic mass is 10.0. The number of hydrogen-bond acceptors (Lipinski definition) is 2. The number of rotatable bonds is 3. The summed E-state index contributed by atoms with van der Waals surface area (Å²) in [5.74, 6) is 0.123. The zero-order chi connectivity index (χ0) is 12.3. The van der Waals surface area contributed by atoms with Crippen molar-refractivity contribution < 1.29 is 9.59 Å². The number of carbonyl (C=O) groups is 2. The molecule has 2 rings (SSSR count). The smallest absolute Gasteiger partial charge is 0.254 e. The third kappa shape index (κ3) is 2.54. The topological polar surface area (TPSA) is 37.4 Å². The minimum absolute atomic E-state index is 0.0000926. The van der Waals surface area contributed by atoms with E-state index in [0.717, 1.165) is 24.0 Å². The van der Waals surface area contributed by atoms with Crippen molar-refractivity contribution in [3.8, 4) is 0 Å². The number of hydrogen-bond donors (Lipinski definition) is 0. The lowest BCUT2D eigenvalue weighted by Crippen LogP contribution is -2.35. The second kappa shape index (κ2) is 5.13. The highest BCUT2D eigenvalue weighted by molar-refractivity contribution is 5.98. The van der Waals surface area contributed by atoms with E-state index in [1.807, 2.05) is 31.2 Å². The van der Waals surface area contributed by atoms with Crippen LogP contribution in [-0.2, 0) is 11.2 Å². The van der Waals surface area contributed by atoms with Gasteiger partial charge in [-0.15, -0.1) is 0 Å². The molecule has 0 atom stereocenters. The molecule has 0 radical (unpaired) electrons. The Morgan fingerprint density at radius 3 is 2.88 bits per heavy atom. The Balaban J connectivity index is 2.23. The van der Waals surface area contributed by atoms with Gasteiger partial charge < -0.3 is 4.90 Å². The monoisotopic (exact) mass is 231 g/mol. The van der Waals surface area contributed by atoms with Crippen LogP contribution in [-0.4, -0.2) is 29.7 Å². The average Bonchev–Trinajstić information content (AvgIpc) is 2.51. The summed E-state index contributed by atoms with van der Waals surface area (Å²) in [6.07, 6.45) is 2.34. The lowest BCUT2D eigenvalue weighted by Gasteiger charge is -2.19. The Hall–Kier alpha value is -1.64. The summed E-state index contributed by atoms with van der Waals surface area (Å²) in [7, 11) is 0. The fourth-order valence-corrected chi connectivity index (χ4v) is 2.15. The van der Waals surface area contributed by atoms with Gasteiger partial charge in [0.2, 0.25) is 0 Å². The van der Waals surface area contributed by atoms with Gasteiger partial charge in [0, 0.05) is 18.5 Å². The molecule has 0 aliphatic carbocycles. The minimum Gasteiger partial charge on any atom is -0.331 e. The van der Waals surface area contributed by atoms with Crippen molar-refractivity contribution >= 4 is 11.7 Å². The Labute approximate surface area is 101 Å². The molecule has 0 saturated carbocycles. The largest absolute Gasteiger partial charge is 0.331 e. The van der Waals surface area contributed by atoms with E-state index in [0.29, 0.717) is 13.0 Å². The second-order valence-electron chi connectivity index (χ2n) is 4.38. The molecular formula is C14H17NO2. The number of amides is 1. The van der Waals surface area contributed by atoms with Gasteiger partial charge in [-0.1, -0.05) is 25.1 Å². The van der Waals surface area contributed by atoms with Gasteiger partial charge in [0.05, 0.1) is 6.54 Å². The third-order valence-corrected chi connectivity index (χ3v) is 3.17. The van der Waals surface area contributed by atoms with Crippen molar-refractivity contribution in [3.05, 3.63) is 35.4 Å². The number of ketones is 1. The van der Waals surface area contributed by atoms with Gasteiger partial charge in [-0.05, 0) is 24.5 Å².